The molecule has 3 heterocycles. The second-order valence-corrected chi connectivity index (χ2v) is 10.5. The molecule has 1 atom stereocenters. The predicted molar refractivity (Wildman–Crippen MR) is 119 cm³/mol. The quantitative estimate of drug-likeness (QED) is 0.689. The summed E-state index contributed by atoms with van der Waals surface area (Å²) in [4.78, 5) is 21.1. The van der Waals surface area contributed by atoms with Crippen LogP contribution in [0.2, 0.25) is 0 Å². The van der Waals surface area contributed by atoms with E-state index in [2.05, 4.69) is 52.5 Å². The molecule has 1 aromatic rings. The van der Waals surface area contributed by atoms with Gasteiger partial charge in [-0.05, 0) is 73.9 Å². The summed E-state index contributed by atoms with van der Waals surface area (Å²) in [6, 6.07) is 2.22. The minimum absolute atomic E-state index is 0.140. The highest BCUT2D eigenvalue weighted by atomic mass is 16.7. The largest absolute Gasteiger partial charge is 0.496 e. The highest BCUT2D eigenvalue weighted by Crippen LogP contribution is 2.36. The van der Waals surface area contributed by atoms with E-state index in [0.717, 1.165) is 16.8 Å². The molecule has 0 N–H and O–H groups in total. The summed E-state index contributed by atoms with van der Waals surface area (Å²) < 4.78 is 17.9. The zero-order valence-corrected chi connectivity index (χ0v) is 19.9. The van der Waals surface area contributed by atoms with Crippen LogP contribution in [0, 0.1) is 6.92 Å². The van der Waals surface area contributed by atoms with Crippen LogP contribution in [0.4, 0.5) is 10.6 Å². The number of pyridine rings is 1. The van der Waals surface area contributed by atoms with Gasteiger partial charge in [0.2, 0.25) is 0 Å². The van der Waals surface area contributed by atoms with Crippen molar-refractivity contribution in [3.8, 4) is 0 Å². The minimum atomic E-state index is -0.487. The average molecular weight is 417 g/mol. The van der Waals surface area contributed by atoms with Gasteiger partial charge in [-0.1, -0.05) is 0 Å². The number of ether oxygens (including phenoxy) is 1. The second kappa shape index (κ2) is 7.72. The zero-order chi connectivity index (χ0) is 22.5. The molecule has 0 saturated carbocycles. The number of hydrogen-bond donors (Lipinski definition) is 0. The van der Waals surface area contributed by atoms with Crippen LogP contribution < -0.4 is 10.4 Å². The van der Waals surface area contributed by atoms with Crippen molar-refractivity contribution in [2.45, 2.75) is 85.2 Å². The Bertz CT molecular complexity index is 790. The molecule has 0 radical (unpaired) electrons. The molecule has 0 unspecified atom stereocenters. The van der Waals surface area contributed by atoms with Crippen LogP contribution in [0.3, 0.4) is 0 Å². The lowest BCUT2D eigenvalue weighted by molar-refractivity contribution is 0.00578. The van der Waals surface area contributed by atoms with Gasteiger partial charge in [-0.25, -0.2) is 9.78 Å². The van der Waals surface area contributed by atoms with Gasteiger partial charge in [0.15, 0.2) is 0 Å². The van der Waals surface area contributed by atoms with E-state index in [-0.39, 0.29) is 23.3 Å². The molecule has 2 aliphatic rings. The number of carbonyl (C=O) groups is 1. The van der Waals surface area contributed by atoms with Gasteiger partial charge in [0.05, 0.1) is 11.2 Å². The Balaban J connectivity index is 1.70. The summed E-state index contributed by atoms with van der Waals surface area (Å²) in [5.74, 6) is 0.907. The molecule has 30 heavy (non-hydrogen) atoms. The van der Waals surface area contributed by atoms with E-state index in [4.69, 9.17) is 19.0 Å². The predicted octanol–water partition coefficient (Wildman–Crippen LogP) is 3.13. The summed E-state index contributed by atoms with van der Waals surface area (Å²) in [5.41, 5.74) is 0.794. The molecular formula is C22H36BN3O4. The first-order valence-corrected chi connectivity index (χ1v) is 10.8. The molecule has 0 spiro atoms. The Kier molecular flexibility index (Phi) is 5.88. The summed E-state index contributed by atoms with van der Waals surface area (Å²) in [6.07, 6.45) is 1.61. The molecule has 7 nitrogen and oxygen atoms in total. The number of piperazine rings is 1. The van der Waals surface area contributed by atoms with Crippen molar-refractivity contribution in [2.75, 3.05) is 24.5 Å². The Morgan fingerprint density at radius 2 is 1.80 bits per heavy atom. The number of nitrogens with zero attached hydrogens (tertiary/aromatic N) is 3. The van der Waals surface area contributed by atoms with Crippen molar-refractivity contribution in [2.24, 2.45) is 0 Å². The molecule has 166 valence electrons. The Hall–Kier alpha value is -1.80. The number of aryl methyl sites for hydroxylation is 1. The van der Waals surface area contributed by atoms with Crippen molar-refractivity contribution in [1.82, 2.24) is 9.88 Å². The Morgan fingerprint density at radius 1 is 1.20 bits per heavy atom. The number of rotatable bonds is 2. The topological polar surface area (TPSA) is 64.1 Å². The van der Waals surface area contributed by atoms with Crippen molar-refractivity contribution in [1.29, 1.82) is 0 Å². The Labute approximate surface area is 181 Å². The molecule has 8 heteroatoms. The molecule has 3 rings (SSSR count). The fourth-order valence-corrected chi connectivity index (χ4v) is 3.72. The monoisotopic (exact) mass is 417 g/mol. The molecule has 2 saturated heterocycles. The molecule has 2 fully saturated rings. The maximum atomic E-state index is 12.4. The number of carbonyl (C=O) groups excluding carboxylic acids is 1. The van der Waals surface area contributed by atoms with E-state index < -0.39 is 12.7 Å². The van der Waals surface area contributed by atoms with E-state index in [1.54, 1.807) is 4.90 Å². The van der Waals surface area contributed by atoms with Gasteiger partial charge >= 0.3 is 13.2 Å². The van der Waals surface area contributed by atoms with Gasteiger partial charge in [0.25, 0.3) is 0 Å². The fraction of sp³-hybridized carbons (Fsp3) is 0.727. The van der Waals surface area contributed by atoms with E-state index in [1.165, 1.54) is 0 Å². The van der Waals surface area contributed by atoms with Crippen molar-refractivity contribution in [3.05, 3.63) is 17.8 Å². The number of anilines is 1. The lowest BCUT2D eigenvalue weighted by atomic mass is 9.77. The summed E-state index contributed by atoms with van der Waals surface area (Å²) in [7, 11) is -0.419. The van der Waals surface area contributed by atoms with Gasteiger partial charge in [0, 0.05) is 37.3 Å². The van der Waals surface area contributed by atoms with E-state index in [1.807, 2.05) is 27.0 Å². The number of aromatic nitrogens is 1. The van der Waals surface area contributed by atoms with Gasteiger partial charge < -0.3 is 23.8 Å². The summed E-state index contributed by atoms with van der Waals surface area (Å²) >= 11 is 0. The highest BCUT2D eigenvalue weighted by molar-refractivity contribution is 6.62. The maximum absolute atomic E-state index is 12.4. The molecule has 1 aromatic heterocycles. The fourth-order valence-electron chi connectivity index (χ4n) is 3.72. The van der Waals surface area contributed by atoms with Crippen LogP contribution in [0.5, 0.6) is 0 Å². The summed E-state index contributed by atoms with van der Waals surface area (Å²) in [6.45, 7) is 20.0. The van der Waals surface area contributed by atoms with Crippen molar-refractivity contribution in [3.63, 3.8) is 0 Å². The third-order valence-corrected chi connectivity index (χ3v) is 6.22. The highest BCUT2D eigenvalue weighted by Gasteiger charge is 2.52. The van der Waals surface area contributed by atoms with Gasteiger partial charge in [-0.15, -0.1) is 0 Å². The summed E-state index contributed by atoms with van der Waals surface area (Å²) in [5, 5.41) is 0. The van der Waals surface area contributed by atoms with Crippen LogP contribution in [-0.2, 0) is 14.0 Å². The lowest BCUT2D eigenvalue weighted by Crippen LogP contribution is -2.55. The first-order chi connectivity index (χ1) is 13.7. The van der Waals surface area contributed by atoms with Crippen LogP contribution in [-0.4, -0.2) is 65.6 Å². The smallest absolute Gasteiger partial charge is 0.444 e. The van der Waals surface area contributed by atoms with Crippen LogP contribution in [0.15, 0.2) is 12.3 Å². The molecule has 2 aliphatic heterocycles. The Morgan fingerprint density at radius 3 is 2.30 bits per heavy atom. The first-order valence-electron chi connectivity index (χ1n) is 10.8. The van der Waals surface area contributed by atoms with Gasteiger partial charge in [-0.2, -0.15) is 0 Å². The van der Waals surface area contributed by atoms with E-state index in [9.17, 15) is 4.79 Å². The molecule has 0 aliphatic carbocycles. The lowest BCUT2D eigenvalue weighted by Gasteiger charge is -2.41. The molecule has 0 bridgehead atoms. The minimum Gasteiger partial charge on any atom is -0.444 e. The average Bonchev–Trinajstić information content (AvgIpc) is 2.80. The number of amides is 1. The van der Waals surface area contributed by atoms with Crippen molar-refractivity contribution < 1.29 is 18.8 Å². The third-order valence-electron chi connectivity index (χ3n) is 6.22. The first kappa shape index (κ1) is 22.9. The zero-order valence-electron chi connectivity index (χ0n) is 19.9. The SMILES string of the molecule is Cc1cc(N2CCN(C(=O)OC(C)(C)C)C[C@H]2C)ncc1B1OC(C)(C)C(C)(C)O1. The third kappa shape index (κ3) is 4.59. The van der Waals surface area contributed by atoms with E-state index >= 15 is 0 Å². The molecule has 1 amide bonds. The second-order valence-electron chi connectivity index (χ2n) is 10.5. The maximum Gasteiger partial charge on any atom is 0.496 e. The normalized spacial score (nSPS) is 23.6. The molecule has 0 aromatic carbocycles. The molecular weight excluding hydrogens is 381 g/mol. The van der Waals surface area contributed by atoms with Gasteiger partial charge in [0.1, 0.15) is 11.4 Å². The standard InChI is InChI=1S/C22H36BN3O4/c1-15-12-18(24-13-17(15)23-29-21(6,7)22(8,9)30-23)26-11-10-25(14-16(26)2)19(27)28-20(3,4)5/h12-13,16H,10-11,14H2,1-9H3/t16-/m1/s1. The van der Waals surface area contributed by atoms with Crippen LogP contribution in [0.25, 0.3) is 0 Å². The van der Waals surface area contributed by atoms with Gasteiger partial charge in [-0.3, -0.25) is 0 Å². The van der Waals surface area contributed by atoms with Crippen LogP contribution in [0.1, 0.15) is 61.0 Å². The number of hydrogen-bond acceptors (Lipinski definition) is 6. The van der Waals surface area contributed by atoms with E-state index in [0.29, 0.717) is 19.6 Å². The van der Waals surface area contributed by atoms with Crippen LogP contribution >= 0.6 is 0 Å². The van der Waals surface area contributed by atoms with Crippen molar-refractivity contribution >= 4 is 24.5 Å².